The van der Waals surface area contributed by atoms with Crippen molar-refractivity contribution in [3.8, 4) is 11.5 Å². The monoisotopic (exact) mass is 363 g/mol. The predicted molar refractivity (Wildman–Crippen MR) is 88.5 cm³/mol. The van der Waals surface area contributed by atoms with Gasteiger partial charge in [-0.05, 0) is 53.5 Å². The van der Waals surface area contributed by atoms with Gasteiger partial charge in [-0.3, -0.25) is 0 Å². The molecule has 0 fully saturated rings. The van der Waals surface area contributed by atoms with Gasteiger partial charge in [-0.2, -0.15) is 0 Å². The molecule has 2 aromatic heterocycles. The van der Waals surface area contributed by atoms with E-state index in [4.69, 9.17) is 4.42 Å². The Morgan fingerprint density at radius 1 is 1.33 bits per heavy atom. The summed E-state index contributed by atoms with van der Waals surface area (Å²) in [4.78, 5) is 1.28. The molecule has 21 heavy (non-hydrogen) atoms. The van der Waals surface area contributed by atoms with E-state index in [1.165, 1.54) is 16.8 Å². The number of rotatable bonds is 4. The quantitative estimate of drug-likeness (QED) is 0.705. The zero-order chi connectivity index (χ0) is 14.8. The van der Waals surface area contributed by atoms with Crippen LogP contribution in [0.5, 0.6) is 0 Å². The molecule has 0 saturated carbocycles. The van der Waals surface area contributed by atoms with Gasteiger partial charge in [0.15, 0.2) is 0 Å². The lowest BCUT2D eigenvalue weighted by molar-refractivity contribution is 0.568. The fourth-order valence-corrected chi connectivity index (χ4v) is 3.52. The van der Waals surface area contributed by atoms with Crippen molar-refractivity contribution in [3.63, 3.8) is 0 Å². The number of anilines is 1. The number of benzene rings is 1. The lowest BCUT2D eigenvalue weighted by Gasteiger charge is -2.16. The SMILES string of the molecule is Cc1ccc(-c2nnco2)cc1NC(C)c1cc(Br)cs1. The number of nitrogens with zero attached hydrogens (tertiary/aromatic N) is 2. The number of nitrogens with one attached hydrogen (secondary N) is 1. The third-order valence-electron chi connectivity index (χ3n) is 3.23. The van der Waals surface area contributed by atoms with Crippen molar-refractivity contribution in [2.45, 2.75) is 19.9 Å². The molecule has 1 unspecified atom stereocenters. The molecule has 2 heterocycles. The van der Waals surface area contributed by atoms with Crippen LogP contribution in [0.15, 0.2) is 44.9 Å². The first-order chi connectivity index (χ1) is 10.1. The van der Waals surface area contributed by atoms with E-state index in [9.17, 15) is 0 Å². The Morgan fingerprint density at radius 3 is 2.86 bits per heavy atom. The second kappa shape index (κ2) is 5.99. The van der Waals surface area contributed by atoms with E-state index in [0.717, 1.165) is 15.7 Å². The zero-order valence-electron chi connectivity index (χ0n) is 11.6. The number of hydrogen-bond donors (Lipinski definition) is 1. The molecule has 1 N–H and O–H groups in total. The maximum absolute atomic E-state index is 5.25. The van der Waals surface area contributed by atoms with Crippen LogP contribution in [0.1, 0.15) is 23.4 Å². The number of aromatic nitrogens is 2. The van der Waals surface area contributed by atoms with E-state index >= 15 is 0 Å². The van der Waals surface area contributed by atoms with Crippen LogP contribution < -0.4 is 5.32 Å². The van der Waals surface area contributed by atoms with Gasteiger partial charge in [0, 0.05) is 26.0 Å². The number of thiophene rings is 1. The fraction of sp³-hybridized carbons (Fsp3) is 0.200. The topological polar surface area (TPSA) is 51.0 Å². The minimum atomic E-state index is 0.234. The smallest absolute Gasteiger partial charge is 0.247 e. The van der Waals surface area contributed by atoms with Crippen LogP contribution in [0.2, 0.25) is 0 Å². The molecule has 1 aromatic carbocycles. The Kier molecular flexibility index (Phi) is 4.07. The fourth-order valence-electron chi connectivity index (χ4n) is 2.07. The molecule has 6 heteroatoms. The van der Waals surface area contributed by atoms with Crippen molar-refractivity contribution in [2.24, 2.45) is 0 Å². The second-order valence-corrected chi connectivity index (χ2v) is 6.67. The first-order valence-corrected chi connectivity index (χ1v) is 8.18. The lowest BCUT2D eigenvalue weighted by atomic mass is 10.1. The van der Waals surface area contributed by atoms with Gasteiger partial charge in [0.1, 0.15) is 0 Å². The average molecular weight is 364 g/mol. The van der Waals surface area contributed by atoms with Gasteiger partial charge in [-0.15, -0.1) is 21.5 Å². The van der Waals surface area contributed by atoms with Crippen LogP contribution in [0.3, 0.4) is 0 Å². The number of halogens is 1. The summed E-state index contributed by atoms with van der Waals surface area (Å²) in [7, 11) is 0. The van der Waals surface area contributed by atoms with Gasteiger partial charge in [0.05, 0.1) is 6.04 Å². The van der Waals surface area contributed by atoms with Crippen molar-refractivity contribution >= 4 is 33.0 Å². The normalized spacial score (nSPS) is 12.3. The van der Waals surface area contributed by atoms with Gasteiger partial charge < -0.3 is 9.73 Å². The molecule has 0 spiro atoms. The molecule has 3 rings (SSSR count). The van der Waals surface area contributed by atoms with E-state index < -0.39 is 0 Å². The van der Waals surface area contributed by atoms with Crippen molar-refractivity contribution in [1.82, 2.24) is 10.2 Å². The molecule has 1 atom stereocenters. The molecular weight excluding hydrogens is 350 g/mol. The molecule has 0 radical (unpaired) electrons. The van der Waals surface area contributed by atoms with Gasteiger partial charge >= 0.3 is 0 Å². The highest BCUT2D eigenvalue weighted by Crippen LogP contribution is 2.30. The molecular formula is C15H14BrN3OS. The van der Waals surface area contributed by atoms with Crippen molar-refractivity contribution in [2.75, 3.05) is 5.32 Å². The minimum absolute atomic E-state index is 0.234. The highest BCUT2D eigenvalue weighted by atomic mass is 79.9. The Labute approximate surface area is 135 Å². The first-order valence-electron chi connectivity index (χ1n) is 6.51. The molecule has 0 aliphatic rings. The molecule has 4 nitrogen and oxygen atoms in total. The number of hydrogen-bond acceptors (Lipinski definition) is 5. The summed E-state index contributed by atoms with van der Waals surface area (Å²) in [6, 6.07) is 8.46. The molecule has 0 saturated heterocycles. The van der Waals surface area contributed by atoms with Gasteiger partial charge in [0.25, 0.3) is 0 Å². The Bertz CT molecular complexity index is 739. The third-order valence-corrected chi connectivity index (χ3v) is 5.11. The first kappa shape index (κ1) is 14.3. The average Bonchev–Trinajstić information content (AvgIpc) is 3.12. The molecule has 0 amide bonds. The molecule has 3 aromatic rings. The number of aryl methyl sites for hydroxylation is 1. The van der Waals surface area contributed by atoms with Crippen LogP contribution in [0.4, 0.5) is 5.69 Å². The summed E-state index contributed by atoms with van der Waals surface area (Å²) < 4.78 is 6.37. The molecule has 0 aliphatic carbocycles. The summed E-state index contributed by atoms with van der Waals surface area (Å²) in [5.41, 5.74) is 3.17. The molecule has 0 bridgehead atoms. The maximum atomic E-state index is 5.25. The maximum Gasteiger partial charge on any atom is 0.247 e. The van der Waals surface area contributed by atoms with Crippen LogP contribution in [0.25, 0.3) is 11.5 Å². The molecule has 108 valence electrons. The van der Waals surface area contributed by atoms with Crippen LogP contribution >= 0.6 is 27.3 Å². The largest absolute Gasteiger partial charge is 0.423 e. The van der Waals surface area contributed by atoms with Gasteiger partial charge in [-0.25, -0.2) is 0 Å². The van der Waals surface area contributed by atoms with Gasteiger partial charge in [-0.1, -0.05) is 6.07 Å². The van der Waals surface area contributed by atoms with Crippen LogP contribution in [0, 0.1) is 6.92 Å². The van der Waals surface area contributed by atoms with Crippen molar-refractivity contribution < 1.29 is 4.42 Å². The standard InChI is InChI=1S/C15H14BrN3OS/c1-9-3-4-11(15-19-17-8-20-15)5-13(9)18-10(2)14-6-12(16)7-21-14/h3-8,10,18H,1-2H3. The summed E-state index contributed by atoms with van der Waals surface area (Å²) in [6.45, 7) is 4.23. The second-order valence-electron chi connectivity index (χ2n) is 4.81. The van der Waals surface area contributed by atoms with Gasteiger partial charge in [0.2, 0.25) is 12.3 Å². The summed E-state index contributed by atoms with van der Waals surface area (Å²) >= 11 is 5.23. The Balaban J connectivity index is 1.86. The summed E-state index contributed by atoms with van der Waals surface area (Å²) in [5, 5.41) is 13.3. The highest BCUT2D eigenvalue weighted by molar-refractivity contribution is 9.10. The van der Waals surface area contributed by atoms with Crippen LogP contribution in [-0.2, 0) is 0 Å². The van der Waals surface area contributed by atoms with Crippen molar-refractivity contribution in [1.29, 1.82) is 0 Å². The van der Waals surface area contributed by atoms with E-state index in [-0.39, 0.29) is 6.04 Å². The van der Waals surface area contributed by atoms with Crippen LogP contribution in [-0.4, -0.2) is 10.2 Å². The van der Waals surface area contributed by atoms with E-state index in [1.807, 2.05) is 12.1 Å². The third kappa shape index (κ3) is 3.16. The summed E-state index contributed by atoms with van der Waals surface area (Å²) in [6.07, 6.45) is 1.34. The van der Waals surface area contributed by atoms with E-state index in [1.54, 1.807) is 11.3 Å². The van der Waals surface area contributed by atoms with E-state index in [0.29, 0.717) is 5.89 Å². The molecule has 0 aliphatic heterocycles. The minimum Gasteiger partial charge on any atom is -0.423 e. The highest BCUT2D eigenvalue weighted by Gasteiger charge is 2.11. The Morgan fingerprint density at radius 2 is 2.19 bits per heavy atom. The van der Waals surface area contributed by atoms with E-state index in [2.05, 4.69) is 62.8 Å². The Hall–Kier alpha value is -1.66. The van der Waals surface area contributed by atoms with Crippen molar-refractivity contribution in [3.05, 3.63) is 51.0 Å². The predicted octanol–water partition coefficient (Wildman–Crippen LogP) is 5.04. The zero-order valence-corrected chi connectivity index (χ0v) is 14.0. The summed E-state index contributed by atoms with van der Waals surface area (Å²) in [5.74, 6) is 0.532. The lowest BCUT2D eigenvalue weighted by Crippen LogP contribution is -2.06.